The van der Waals surface area contributed by atoms with Gasteiger partial charge in [0.05, 0.1) is 24.6 Å². The van der Waals surface area contributed by atoms with Crippen molar-refractivity contribution >= 4 is 11.4 Å². The maximum absolute atomic E-state index is 5.83. The van der Waals surface area contributed by atoms with Gasteiger partial charge in [0, 0.05) is 32.0 Å². The lowest BCUT2D eigenvalue weighted by Crippen LogP contribution is -2.47. The predicted molar refractivity (Wildman–Crippen MR) is 79.2 cm³/mol. The van der Waals surface area contributed by atoms with Crippen molar-refractivity contribution in [1.82, 2.24) is 0 Å². The summed E-state index contributed by atoms with van der Waals surface area (Å²) in [6, 6.07) is 9.26. The molecule has 0 atom stereocenters. The number of hydrogen-bond acceptors (Lipinski definition) is 4. The quantitative estimate of drug-likeness (QED) is 0.853. The Morgan fingerprint density at radius 1 is 1.10 bits per heavy atom. The lowest BCUT2D eigenvalue weighted by Gasteiger charge is -2.43. The van der Waals surface area contributed by atoms with Crippen LogP contribution in [0.2, 0.25) is 0 Å². The van der Waals surface area contributed by atoms with Crippen molar-refractivity contribution in [3.8, 4) is 0 Å². The Bertz CT molecular complexity index is 475. The zero-order valence-corrected chi connectivity index (χ0v) is 11.8. The van der Waals surface area contributed by atoms with E-state index in [0.29, 0.717) is 6.04 Å². The molecule has 1 spiro atoms. The van der Waals surface area contributed by atoms with Crippen molar-refractivity contribution in [1.29, 1.82) is 0 Å². The van der Waals surface area contributed by atoms with E-state index in [4.69, 9.17) is 9.47 Å². The average Bonchev–Trinajstić information content (AvgIpc) is 2.96. The number of nitrogens with one attached hydrogen (secondary N) is 1. The third-order valence-electron chi connectivity index (χ3n) is 4.85. The van der Waals surface area contributed by atoms with E-state index in [1.807, 2.05) is 0 Å². The average molecular weight is 274 g/mol. The fraction of sp³-hybridized carbons (Fsp3) is 0.625. The van der Waals surface area contributed by atoms with Gasteiger partial charge in [-0.25, -0.2) is 0 Å². The summed E-state index contributed by atoms with van der Waals surface area (Å²) >= 11 is 0. The molecule has 2 aliphatic heterocycles. The van der Waals surface area contributed by atoms with Crippen LogP contribution in [-0.2, 0) is 9.47 Å². The van der Waals surface area contributed by atoms with Crippen LogP contribution in [0.5, 0.6) is 0 Å². The number of hydrogen-bond donors (Lipinski definition) is 1. The minimum atomic E-state index is -0.246. The van der Waals surface area contributed by atoms with Gasteiger partial charge in [-0.15, -0.1) is 0 Å². The molecule has 2 fully saturated rings. The van der Waals surface area contributed by atoms with Crippen LogP contribution in [-0.4, -0.2) is 38.1 Å². The van der Waals surface area contributed by atoms with Crippen molar-refractivity contribution in [2.75, 3.05) is 36.5 Å². The van der Waals surface area contributed by atoms with Crippen molar-refractivity contribution in [2.24, 2.45) is 0 Å². The van der Waals surface area contributed by atoms with E-state index in [0.717, 1.165) is 52.0 Å². The third-order valence-corrected chi connectivity index (χ3v) is 4.85. The second-order valence-corrected chi connectivity index (χ2v) is 5.98. The molecule has 0 bridgehead atoms. The molecule has 0 unspecified atom stereocenters. The summed E-state index contributed by atoms with van der Waals surface area (Å²) < 4.78 is 11.7. The number of nitrogens with zero attached hydrogens (tertiary/aromatic N) is 1. The van der Waals surface area contributed by atoms with Gasteiger partial charge in [-0.05, 0) is 25.0 Å². The summed E-state index contributed by atoms with van der Waals surface area (Å²) in [5.41, 5.74) is 2.63. The molecule has 20 heavy (non-hydrogen) atoms. The van der Waals surface area contributed by atoms with Gasteiger partial charge in [0.15, 0.2) is 5.79 Å². The SMILES string of the molecule is c1ccc2c(c1)NCCN2C1CCC2(CC1)OCCO2. The first-order valence-electron chi connectivity index (χ1n) is 7.74. The van der Waals surface area contributed by atoms with Gasteiger partial charge >= 0.3 is 0 Å². The Hall–Kier alpha value is -1.26. The Labute approximate surface area is 120 Å². The van der Waals surface area contributed by atoms with Crippen molar-refractivity contribution in [3.05, 3.63) is 24.3 Å². The number of para-hydroxylation sites is 2. The van der Waals surface area contributed by atoms with Gasteiger partial charge in [0.2, 0.25) is 0 Å². The molecule has 2 heterocycles. The molecule has 1 saturated heterocycles. The van der Waals surface area contributed by atoms with E-state index in [2.05, 4.69) is 34.5 Å². The summed E-state index contributed by atoms with van der Waals surface area (Å²) in [7, 11) is 0. The van der Waals surface area contributed by atoms with Crippen molar-refractivity contribution in [3.63, 3.8) is 0 Å². The number of fused-ring (bicyclic) bond motifs is 1. The molecule has 0 aromatic heterocycles. The minimum absolute atomic E-state index is 0.246. The summed E-state index contributed by atoms with van der Waals surface area (Å²) in [6.07, 6.45) is 4.39. The molecule has 0 radical (unpaired) electrons. The Kier molecular flexibility index (Phi) is 3.08. The van der Waals surface area contributed by atoms with Gasteiger partial charge < -0.3 is 19.7 Å². The van der Waals surface area contributed by atoms with Crippen LogP contribution >= 0.6 is 0 Å². The molecule has 1 saturated carbocycles. The highest BCUT2D eigenvalue weighted by atomic mass is 16.7. The first-order valence-corrected chi connectivity index (χ1v) is 7.74. The highest BCUT2D eigenvalue weighted by Crippen LogP contribution is 2.40. The number of benzene rings is 1. The molecule has 4 nitrogen and oxygen atoms in total. The van der Waals surface area contributed by atoms with Crippen LogP contribution in [0.4, 0.5) is 11.4 Å². The summed E-state index contributed by atoms with van der Waals surface area (Å²) in [5.74, 6) is -0.246. The van der Waals surface area contributed by atoms with Crippen LogP contribution in [0, 0.1) is 0 Å². The Balaban J connectivity index is 1.50. The first-order chi connectivity index (χ1) is 9.86. The Morgan fingerprint density at radius 2 is 1.85 bits per heavy atom. The molecule has 1 aliphatic carbocycles. The van der Waals surface area contributed by atoms with E-state index in [1.165, 1.54) is 11.4 Å². The summed E-state index contributed by atoms with van der Waals surface area (Å²) in [6.45, 7) is 3.66. The van der Waals surface area contributed by atoms with E-state index in [-0.39, 0.29) is 5.79 Å². The van der Waals surface area contributed by atoms with Crippen LogP contribution in [0.25, 0.3) is 0 Å². The molecular weight excluding hydrogens is 252 g/mol. The van der Waals surface area contributed by atoms with Gasteiger partial charge in [-0.1, -0.05) is 12.1 Å². The molecule has 1 aromatic carbocycles. The number of anilines is 2. The van der Waals surface area contributed by atoms with Gasteiger partial charge in [-0.2, -0.15) is 0 Å². The fourth-order valence-corrected chi connectivity index (χ4v) is 3.82. The van der Waals surface area contributed by atoms with Crippen LogP contribution in [0.1, 0.15) is 25.7 Å². The van der Waals surface area contributed by atoms with Gasteiger partial charge in [-0.3, -0.25) is 0 Å². The lowest BCUT2D eigenvalue weighted by atomic mass is 9.88. The standard InChI is InChI=1S/C16H22N2O2/c1-2-4-15-14(3-1)17-9-10-18(15)13-5-7-16(8-6-13)19-11-12-20-16/h1-4,13,17H,5-12H2. The topological polar surface area (TPSA) is 33.7 Å². The van der Waals surface area contributed by atoms with Crippen molar-refractivity contribution < 1.29 is 9.47 Å². The minimum Gasteiger partial charge on any atom is -0.382 e. The molecule has 4 rings (SSSR count). The maximum atomic E-state index is 5.83. The fourth-order valence-electron chi connectivity index (χ4n) is 3.82. The Morgan fingerprint density at radius 3 is 2.65 bits per heavy atom. The molecule has 3 aliphatic rings. The lowest BCUT2D eigenvalue weighted by molar-refractivity contribution is -0.178. The predicted octanol–water partition coefficient (Wildman–Crippen LogP) is 2.60. The highest BCUT2D eigenvalue weighted by Gasteiger charge is 2.41. The highest BCUT2D eigenvalue weighted by molar-refractivity contribution is 5.72. The van der Waals surface area contributed by atoms with E-state index >= 15 is 0 Å². The number of ether oxygens (including phenoxy) is 2. The molecule has 108 valence electrons. The van der Waals surface area contributed by atoms with Crippen LogP contribution < -0.4 is 10.2 Å². The largest absolute Gasteiger partial charge is 0.382 e. The second-order valence-electron chi connectivity index (χ2n) is 5.98. The summed E-state index contributed by atoms with van der Waals surface area (Å²) in [4.78, 5) is 2.58. The zero-order chi connectivity index (χ0) is 13.4. The molecule has 1 N–H and O–H groups in total. The van der Waals surface area contributed by atoms with Gasteiger partial charge in [0.25, 0.3) is 0 Å². The number of rotatable bonds is 1. The molecule has 4 heteroatoms. The van der Waals surface area contributed by atoms with Crippen molar-refractivity contribution in [2.45, 2.75) is 37.5 Å². The molecular formula is C16H22N2O2. The second kappa shape index (κ2) is 4.93. The molecule has 0 amide bonds. The molecule has 1 aromatic rings. The normalized spacial score (nSPS) is 25.5. The van der Waals surface area contributed by atoms with E-state index in [1.54, 1.807) is 0 Å². The van der Waals surface area contributed by atoms with E-state index < -0.39 is 0 Å². The zero-order valence-electron chi connectivity index (χ0n) is 11.8. The third kappa shape index (κ3) is 2.07. The van der Waals surface area contributed by atoms with Crippen LogP contribution in [0.15, 0.2) is 24.3 Å². The summed E-state index contributed by atoms with van der Waals surface area (Å²) in [5, 5.41) is 3.49. The smallest absolute Gasteiger partial charge is 0.168 e. The maximum Gasteiger partial charge on any atom is 0.168 e. The van der Waals surface area contributed by atoms with Gasteiger partial charge in [0.1, 0.15) is 0 Å². The monoisotopic (exact) mass is 274 g/mol. The first kappa shape index (κ1) is 12.5. The van der Waals surface area contributed by atoms with Crippen LogP contribution in [0.3, 0.4) is 0 Å². The van der Waals surface area contributed by atoms with E-state index in [9.17, 15) is 0 Å².